The number of nitrogens with zero attached hydrogens (tertiary/aromatic N) is 4. The Morgan fingerprint density at radius 2 is 1.81 bits per heavy atom. The lowest BCUT2D eigenvalue weighted by atomic mass is 10.1. The number of hydrogen-bond acceptors (Lipinski definition) is 4. The van der Waals surface area contributed by atoms with Crippen molar-refractivity contribution in [1.29, 1.82) is 0 Å². The number of carboxylic acid groups (broad SMARTS) is 1. The van der Waals surface area contributed by atoms with Gasteiger partial charge in [-0.1, -0.05) is 12.1 Å². The lowest BCUT2D eigenvalue weighted by Gasteiger charge is -2.19. The Bertz CT molecular complexity index is 1070. The van der Waals surface area contributed by atoms with Crippen LogP contribution in [0.15, 0.2) is 41.5 Å². The molecule has 3 aromatic rings. The molecule has 0 aliphatic carbocycles. The van der Waals surface area contributed by atoms with Crippen LogP contribution in [0.2, 0.25) is 0 Å². The van der Waals surface area contributed by atoms with Crippen LogP contribution in [0.4, 0.5) is 5.69 Å². The maximum absolute atomic E-state index is 12.6. The molecule has 1 amide bonds. The summed E-state index contributed by atoms with van der Waals surface area (Å²) in [6.45, 7) is 5.24. The normalized spacial score (nSPS) is 11.7. The monoisotopic (exact) mass is 371 g/mol. The lowest BCUT2D eigenvalue weighted by molar-refractivity contribution is -0.146. The SMILES string of the molecule is CCn1c(=O)n(CC(=O)Nc2cnn(C(C)(C)C(=O)O)c2)c2ccccc21. The van der Waals surface area contributed by atoms with Gasteiger partial charge in [0.1, 0.15) is 6.54 Å². The van der Waals surface area contributed by atoms with Crippen LogP contribution in [0, 0.1) is 0 Å². The number of carboxylic acids is 1. The summed E-state index contributed by atoms with van der Waals surface area (Å²) in [6, 6.07) is 7.29. The zero-order valence-corrected chi connectivity index (χ0v) is 15.3. The summed E-state index contributed by atoms with van der Waals surface area (Å²) in [5, 5.41) is 15.9. The van der Waals surface area contributed by atoms with Gasteiger partial charge < -0.3 is 10.4 Å². The summed E-state index contributed by atoms with van der Waals surface area (Å²) in [4.78, 5) is 36.3. The maximum atomic E-state index is 12.6. The Morgan fingerprint density at radius 3 is 2.41 bits per heavy atom. The van der Waals surface area contributed by atoms with Crippen molar-refractivity contribution in [2.75, 3.05) is 5.32 Å². The van der Waals surface area contributed by atoms with E-state index in [4.69, 9.17) is 0 Å². The third kappa shape index (κ3) is 3.23. The van der Waals surface area contributed by atoms with Crippen LogP contribution < -0.4 is 11.0 Å². The van der Waals surface area contributed by atoms with Crippen LogP contribution in [-0.2, 0) is 28.2 Å². The zero-order chi connectivity index (χ0) is 19.8. The second-order valence-electron chi connectivity index (χ2n) is 6.69. The molecule has 0 radical (unpaired) electrons. The van der Waals surface area contributed by atoms with Gasteiger partial charge in [0, 0.05) is 12.7 Å². The predicted molar refractivity (Wildman–Crippen MR) is 99.7 cm³/mol. The van der Waals surface area contributed by atoms with Gasteiger partial charge in [-0.2, -0.15) is 5.10 Å². The van der Waals surface area contributed by atoms with E-state index < -0.39 is 17.4 Å². The molecule has 27 heavy (non-hydrogen) atoms. The minimum atomic E-state index is -1.24. The average Bonchev–Trinajstić information content (AvgIpc) is 3.19. The highest BCUT2D eigenvalue weighted by atomic mass is 16.4. The second-order valence-corrected chi connectivity index (χ2v) is 6.69. The van der Waals surface area contributed by atoms with E-state index in [1.807, 2.05) is 25.1 Å². The molecule has 142 valence electrons. The lowest BCUT2D eigenvalue weighted by Crippen LogP contribution is -2.36. The molecule has 0 fully saturated rings. The Morgan fingerprint density at radius 1 is 1.19 bits per heavy atom. The number of fused-ring (bicyclic) bond motifs is 1. The number of hydrogen-bond donors (Lipinski definition) is 2. The summed E-state index contributed by atoms with van der Waals surface area (Å²) in [7, 11) is 0. The van der Waals surface area contributed by atoms with Gasteiger partial charge in [-0.25, -0.2) is 9.59 Å². The summed E-state index contributed by atoms with van der Waals surface area (Å²) in [6.07, 6.45) is 2.82. The maximum Gasteiger partial charge on any atom is 0.331 e. The molecule has 9 heteroatoms. The van der Waals surface area contributed by atoms with Crippen molar-refractivity contribution in [2.24, 2.45) is 0 Å². The number of carbonyl (C=O) groups excluding carboxylic acids is 1. The molecule has 2 aromatic heterocycles. The molecule has 2 heterocycles. The molecule has 0 spiro atoms. The van der Waals surface area contributed by atoms with Gasteiger partial charge in [-0.05, 0) is 32.9 Å². The van der Waals surface area contributed by atoms with Crippen LogP contribution in [0.25, 0.3) is 11.0 Å². The number of aliphatic carboxylic acids is 1. The van der Waals surface area contributed by atoms with Crippen LogP contribution >= 0.6 is 0 Å². The van der Waals surface area contributed by atoms with E-state index in [1.54, 1.807) is 10.6 Å². The van der Waals surface area contributed by atoms with E-state index in [1.165, 1.54) is 35.5 Å². The number of anilines is 1. The van der Waals surface area contributed by atoms with Crippen molar-refractivity contribution < 1.29 is 14.7 Å². The fraction of sp³-hybridized carbons (Fsp3) is 0.333. The largest absolute Gasteiger partial charge is 0.479 e. The smallest absolute Gasteiger partial charge is 0.331 e. The number of carbonyl (C=O) groups is 2. The minimum absolute atomic E-state index is 0.153. The van der Waals surface area contributed by atoms with Crippen molar-refractivity contribution in [1.82, 2.24) is 18.9 Å². The molecule has 9 nitrogen and oxygen atoms in total. The molecule has 0 saturated carbocycles. The average molecular weight is 371 g/mol. The molecule has 1 aromatic carbocycles. The standard InChI is InChI=1S/C18H21N5O4/c1-4-21-13-7-5-6-8-14(13)22(17(21)27)11-15(24)20-12-9-19-23(10-12)18(2,3)16(25)26/h5-10H,4,11H2,1-3H3,(H,20,24)(H,25,26). The highest BCUT2D eigenvalue weighted by molar-refractivity contribution is 5.91. The number of aryl methyl sites for hydroxylation is 1. The Balaban J connectivity index is 1.83. The fourth-order valence-electron chi connectivity index (χ4n) is 2.87. The van der Waals surface area contributed by atoms with Crippen molar-refractivity contribution in [3.05, 3.63) is 47.1 Å². The minimum Gasteiger partial charge on any atom is -0.479 e. The first kappa shape index (κ1) is 18.4. The molecule has 0 saturated heterocycles. The molecule has 2 N–H and O–H groups in total. The van der Waals surface area contributed by atoms with Crippen molar-refractivity contribution in [3.63, 3.8) is 0 Å². The van der Waals surface area contributed by atoms with Gasteiger partial charge in [-0.3, -0.25) is 18.6 Å². The number of aromatic nitrogens is 4. The first-order valence-electron chi connectivity index (χ1n) is 8.52. The van der Waals surface area contributed by atoms with Gasteiger partial charge in [0.25, 0.3) is 0 Å². The van der Waals surface area contributed by atoms with Crippen molar-refractivity contribution in [3.8, 4) is 0 Å². The second kappa shape index (κ2) is 6.75. The van der Waals surface area contributed by atoms with Crippen LogP contribution in [0.3, 0.4) is 0 Å². The Hall–Kier alpha value is -3.36. The van der Waals surface area contributed by atoms with E-state index >= 15 is 0 Å². The van der Waals surface area contributed by atoms with Crippen molar-refractivity contribution >= 4 is 28.6 Å². The summed E-state index contributed by atoms with van der Waals surface area (Å²) < 4.78 is 4.29. The highest BCUT2D eigenvalue weighted by Crippen LogP contribution is 2.18. The number of benzene rings is 1. The number of para-hydroxylation sites is 2. The molecule has 0 aliphatic rings. The number of rotatable bonds is 6. The summed E-state index contributed by atoms with van der Waals surface area (Å²) in [5.74, 6) is -1.44. The van der Waals surface area contributed by atoms with Crippen LogP contribution in [0.1, 0.15) is 20.8 Å². The van der Waals surface area contributed by atoms with E-state index in [0.717, 1.165) is 5.52 Å². The molecule has 0 bridgehead atoms. The topological polar surface area (TPSA) is 111 Å². The third-order valence-electron chi connectivity index (χ3n) is 4.51. The Kier molecular flexibility index (Phi) is 4.61. The van der Waals surface area contributed by atoms with Gasteiger partial charge in [0.05, 0.1) is 22.9 Å². The first-order valence-corrected chi connectivity index (χ1v) is 8.52. The van der Waals surface area contributed by atoms with E-state index in [-0.39, 0.29) is 12.2 Å². The van der Waals surface area contributed by atoms with Gasteiger partial charge in [-0.15, -0.1) is 0 Å². The number of amides is 1. The van der Waals surface area contributed by atoms with E-state index in [9.17, 15) is 19.5 Å². The summed E-state index contributed by atoms with van der Waals surface area (Å²) >= 11 is 0. The van der Waals surface area contributed by atoms with Crippen LogP contribution in [0.5, 0.6) is 0 Å². The first-order chi connectivity index (χ1) is 12.8. The molecule has 0 aliphatic heterocycles. The van der Waals surface area contributed by atoms with Gasteiger partial charge in [0.2, 0.25) is 5.91 Å². The molecular formula is C18H21N5O4. The van der Waals surface area contributed by atoms with E-state index in [0.29, 0.717) is 17.7 Å². The van der Waals surface area contributed by atoms with Crippen LogP contribution in [-0.4, -0.2) is 35.9 Å². The predicted octanol–water partition coefficient (Wildman–Crippen LogP) is 1.48. The highest BCUT2D eigenvalue weighted by Gasteiger charge is 2.30. The Labute approximate surface area is 154 Å². The van der Waals surface area contributed by atoms with E-state index in [2.05, 4.69) is 10.4 Å². The molecule has 0 atom stereocenters. The number of nitrogens with one attached hydrogen (secondary N) is 1. The van der Waals surface area contributed by atoms with Gasteiger partial charge >= 0.3 is 11.7 Å². The molecular weight excluding hydrogens is 350 g/mol. The zero-order valence-electron chi connectivity index (χ0n) is 15.3. The number of imidazole rings is 1. The van der Waals surface area contributed by atoms with Crippen molar-refractivity contribution in [2.45, 2.75) is 39.4 Å². The molecule has 3 rings (SSSR count). The fourth-order valence-corrected chi connectivity index (χ4v) is 2.87. The summed E-state index contributed by atoms with van der Waals surface area (Å²) in [5.41, 5.74) is 0.322. The van der Waals surface area contributed by atoms with Gasteiger partial charge in [0.15, 0.2) is 5.54 Å². The third-order valence-corrected chi connectivity index (χ3v) is 4.51. The molecule has 0 unspecified atom stereocenters. The quantitative estimate of drug-likeness (QED) is 0.682.